The molecule has 0 spiro atoms. The molecule has 1 aliphatic rings. The molecule has 0 radical (unpaired) electrons. The Kier molecular flexibility index (Phi) is 5.86. The van der Waals surface area contributed by atoms with Crippen LogP contribution in [0, 0.1) is 11.8 Å². The van der Waals surface area contributed by atoms with Gasteiger partial charge in [-0.25, -0.2) is 0 Å². The minimum atomic E-state index is 0.341. The maximum atomic E-state index is 9.36. The van der Waals surface area contributed by atoms with Crippen LogP contribution in [0.3, 0.4) is 0 Å². The number of rotatable bonds is 7. The van der Waals surface area contributed by atoms with E-state index in [1.807, 2.05) is 12.1 Å². The highest BCUT2D eigenvalue weighted by Gasteiger charge is 2.26. The van der Waals surface area contributed by atoms with E-state index in [4.69, 9.17) is 4.74 Å². The Morgan fingerprint density at radius 3 is 2.80 bits per heavy atom. The maximum Gasteiger partial charge on any atom is 0.122 e. The first kappa shape index (κ1) is 15.3. The zero-order valence-electron chi connectivity index (χ0n) is 12.6. The molecule has 3 unspecified atom stereocenters. The van der Waals surface area contributed by atoms with Crippen molar-refractivity contribution in [3.05, 3.63) is 29.8 Å². The van der Waals surface area contributed by atoms with Crippen LogP contribution in [0.4, 0.5) is 0 Å². The third-order valence-corrected chi connectivity index (χ3v) is 4.50. The predicted molar refractivity (Wildman–Crippen MR) is 82.1 cm³/mol. The molecular formula is C17H27NO2. The summed E-state index contributed by atoms with van der Waals surface area (Å²) in [5.74, 6) is 2.11. The largest absolute Gasteiger partial charge is 0.496 e. The van der Waals surface area contributed by atoms with Gasteiger partial charge in [0.1, 0.15) is 5.75 Å². The van der Waals surface area contributed by atoms with Gasteiger partial charge in [0.15, 0.2) is 0 Å². The van der Waals surface area contributed by atoms with Gasteiger partial charge in [-0.3, -0.25) is 0 Å². The van der Waals surface area contributed by atoms with Gasteiger partial charge >= 0.3 is 0 Å². The normalized spacial score (nSPS) is 23.8. The van der Waals surface area contributed by atoms with Crippen molar-refractivity contribution in [1.29, 1.82) is 0 Å². The molecule has 112 valence electrons. The summed E-state index contributed by atoms with van der Waals surface area (Å²) in [4.78, 5) is 0. The summed E-state index contributed by atoms with van der Waals surface area (Å²) >= 11 is 0. The molecule has 3 heteroatoms. The van der Waals surface area contributed by atoms with E-state index in [1.165, 1.54) is 24.8 Å². The van der Waals surface area contributed by atoms with Gasteiger partial charge in [0.25, 0.3) is 0 Å². The number of hydrogen-bond donors (Lipinski definition) is 2. The van der Waals surface area contributed by atoms with Crippen molar-refractivity contribution in [2.24, 2.45) is 11.8 Å². The highest BCUT2D eigenvalue weighted by molar-refractivity contribution is 5.33. The number of hydrogen-bond acceptors (Lipinski definition) is 3. The second-order valence-corrected chi connectivity index (χ2v) is 5.96. The quantitative estimate of drug-likeness (QED) is 0.805. The molecule has 1 fully saturated rings. The Morgan fingerprint density at radius 1 is 1.30 bits per heavy atom. The molecule has 0 bridgehead atoms. The molecule has 0 aromatic heterocycles. The molecule has 20 heavy (non-hydrogen) atoms. The molecule has 1 saturated carbocycles. The predicted octanol–water partition coefficient (Wildman–Crippen LogP) is 2.62. The highest BCUT2D eigenvalue weighted by Crippen LogP contribution is 2.30. The Bertz CT molecular complexity index is 408. The fourth-order valence-electron chi connectivity index (χ4n) is 3.25. The molecule has 1 aromatic carbocycles. The lowest BCUT2D eigenvalue weighted by Gasteiger charge is -2.21. The van der Waals surface area contributed by atoms with Crippen LogP contribution < -0.4 is 10.1 Å². The molecule has 0 heterocycles. The number of para-hydroxylation sites is 1. The number of aliphatic hydroxyl groups excluding tert-OH is 1. The highest BCUT2D eigenvalue weighted by atomic mass is 16.5. The average molecular weight is 277 g/mol. The zero-order chi connectivity index (χ0) is 14.4. The monoisotopic (exact) mass is 277 g/mol. The average Bonchev–Trinajstić information content (AvgIpc) is 2.93. The van der Waals surface area contributed by atoms with Crippen molar-refractivity contribution >= 4 is 0 Å². The van der Waals surface area contributed by atoms with Crippen LogP contribution in [0.1, 0.15) is 31.7 Å². The number of aliphatic hydroxyl groups is 1. The molecule has 2 N–H and O–H groups in total. The summed E-state index contributed by atoms with van der Waals surface area (Å²) in [5, 5.41) is 13.0. The van der Waals surface area contributed by atoms with Crippen LogP contribution in [0.2, 0.25) is 0 Å². The minimum Gasteiger partial charge on any atom is -0.496 e. The van der Waals surface area contributed by atoms with Crippen molar-refractivity contribution < 1.29 is 9.84 Å². The van der Waals surface area contributed by atoms with Gasteiger partial charge in [0, 0.05) is 12.6 Å². The van der Waals surface area contributed by atoms with E-state index in [1.54, 1.807) is 7.11 Å². The fourth-order valence-corrected chi connectivity index (χ4v) is 3.25. The summed E-state index contributed by atoms with van der Waals surface area (Å²) < 4.78 is 5.40. The van der Waals surface area contributed by atoms with Crippen molar-refractivity contribution in [2.75, 3.05) is 20.3 Å². The van der Waals surface area contributed by atoms with Gasteiger partial charge in [-0.2, -0.15) is 0 Å². The number of nitrogens with one attached hydrogen (secondary N) is 1. The Hall–Kier alpha value is -1.06. The topological polar surface area (TPSA) is 41.5 Å². The Labute approximate surface area is 122 Å². The van der Waals surface area contributed by atoms with E-state index in [-0.39, 0.29) is 0 Å². The van der Waals surface area contributed by atoms with E-state index >= 15 is 0 Å². The van der Waals surface area contributed by atoms with Gasteiger partial charge in [-0.15, -0.1) is 0 Å². The van der Waals surface area contributed by atoms with Crippen molar-refractivity contribution in [1.82, 2.24) is 5.32 Å². The summed E-state index contributed by atoms with van der Waals surface area (Å²) in [6.45, 7) is 3.57. The number of benzene rings is 1. The van der Waals surface area contributed by atoms with Crippen LogP contribution in [-0.4, -0.2) is 31.4 Å². The molecule has 3 atom stereocenters. The fraction of sp³-hybridized carbons (Fsp3) is 0.647. The number of ether oxygens (including phenoxy) is 1. The summed E-state index contributed by atoms with van der Waals surface area (Å²) in [6.07, 6.45) is 4.67. The molecule has 1 aliphatic carbocycles. The van der Waals surface area contributed by atoms with Crippen LogP contribution in [0.25, 0.3) is 0 Å². The molecular weight excluding hydrogens is 250 g/mol. The molecule has 3 nitrogen and oxygen atoms in total. The van der Waals surface area contributed by atoms with Crippen LogP contribution in [-0.2, 0) is 6.42 Å². The molecule has 0 amide bonds. The summed E-state index contributed by atoms with van der Waals surface area (Å²) in [7, 11) is 1.72. The first-order chi connectivity index (χ1) is 9.74. The van der Waals surface area contributed by atoms with E-state index in [0.717, 1.165) is 18.7 Å². The van der Waals surface area contributed by atoms with Gasteiger partial charge in [0.2, 0.25) is 0 Å². The van der Waals surface area contributed by atoms with Crippen LogP contribution in [0.15, 0.2) is 24.3 Å². The smallest absolute Gasteiger partial charge is 0.122 e. The molecule has 1 aromatic rings. The molecule has 0 saturated heterocycles. The minimum absolute atomic E-state index is 0.341. The van der Waals surface area contributed by atoms with E-state index < -0.39 is 0 Å². The van der Waals surface area contributed by atoms with E-state index in [9.17, 15) is 5.11 Å². The zero-order valence-corrected chi connectivity index (χ0v) is 12.6. The lowest BCUT2D eigenvalue weighted by Crippen LogP contribution is -2.34. The first-order valence-corrected chi connectivity index (χ1v) is 7.70. The van der Waals surface area contributed by atoms with Crippen LogP contribution in [0.5, 0.6) is 5.75 Å². The number of methoxy groups -OCH3 is 1. The van der Waals surface area contributed by atoms with Gasteiger partial charge < -0.3 is 15.2 Å². The SMILES string of the molecule is COc1ccccc1CC(C)NCC1CCCC1CO. The summed E-state index contributed by atoms with van der Waals surface area (Å²) in [5.41, 5.74) is 1.25. The second kappa shape index (κ2) is 7.65. The molecule has 2 rings (SSSR count). The van der Waals surface area contributed by atoms with Crippen molar-refractivity contribution in [2.45, 2.75) is 38.6 Å². The van der Waals surface area contributed by atoms with Gasteiger partial charge in [0.05, 0.1) is 7.11 Å². The third kappa shape index (κ3) is 3.97. The van der Waals surface area contributed by atoms with E-state index in [0.29, 0.717) is 24.5 Å². The standard InChI is InChI=1S/C17H27NO2/c1-13(10-14-6-3-4-9-17(14)20-2)18-11-15-7-5-8-16(15)12-19/h3-4,6,9,13,15-16,18-19H,5,7-8,10-12H2,1-2H3. The lowest BCUT2D eigenvalue weighted by molar-refractivity contribution is 0.190. The van der Waals surface area contributed by atoms with Crippen molar-refractivity contribution in [3.8, 4) is 5.75 Å². The van der Waals surface area contributed by atoms with Crippen LogP contribution >= 0.6 is 0 Å². The van der Waals surface area contributed by atoms with Gasteiger partial charge in [-0.1, -0.05) is 24.6 Å². The third-order valence-electron chi connectivity index (χ3n) is 4.50. The van der Waals surface area contributed by atoms with E-state index in [2.05, 4.69) is 24.4 Å². The molecule has 0 aliphatic heterocycles. The lowest BCUT2D eigenvalue weighted by atomic mass is 9.96. The second-order valence-electron chi connectivity index (χ2n) is 5.96. The maximum absolute atomic E-state index is 9.36. The van der Waals surface area contributed by atoms with Gasteiger partial charge in [-0.05, 0) is 56.2 Å². The Balaban J connectivity index is 1.82. The summed E-state index contributed by atoms with van der Waals surface area (Å²) in [6, 6.07) is 8.63. The Morgan fingerprint density at radius 2 is 2.05 bits per heavy atom. The first-order valence-electron chi connectivity index (χ1n) is 7.70. The van der Waals surface area contributed by atoms with Crippen molar-refractivity contribution in [3.63, 3.8) is 0 Å².